The quantitative estimate of drug-likeness (QED) is 0.755. The predicted octanol–water partition coefficient (Wildman–Crippen LogP) is 1.85. The Labute approximate surface area is 93.1 Å². The molecule has 0 N–H and O–H groups in total. The second kappa shape index (κ2) is 3.33. The first kappa shape index (κ1) is 9.07. The molecule has 68 valence electrons. The molecule has 0 aliphatic carbocycles. The van der Waals surface area contributed by atoms with Crippen LogP contribution < -0.4 is 0 Å². The normalized spacial score (nSPS) is 10.7. The number of aromatic nitrogens is 4. The van der Waals surface area contributed by atoms with E-state index in [1.807, 2.05) is 20.2 Å². The first-order valence-corrected chi connectivity index (χ1v) is 5.56. The van der Waals surface area contributed by atoms with Crippen LogP contribution in [0.4, 0.5) is 0 Å². The zero-order valence-corrected chi connectivity index (χ0v) is 10.1. The molecular weight excluding hydrogens is 299 g/mol. The second-order valence-electron chi connectivity index (χ2n) is 2.66. The number of aryl methyl sites for hydroxylation is 2. The van der Waals surface area contributed by atoms with Crippen molar-refractivity contribution in [3.8, 4) is 10.6 Å². The van der Waals surface area contributed by atoms with Gasteiger partial charge in [-0.05, 0) is 29.5 Å². The van der Waals surface area contributed by atoms with Crippen LogP contribution in [0.25, 0.3) is 10.6 Å². The summed E-state index contributed by atoms with van der Waals surface area (Å²) in [6.07, 6.45) is 1.96. The third kappa shape index (κ3) is 1.73. The van der Waals surface area contributed by atoms with E-state index >= 15 is 0 Å². The van der Waals surface area contributed by atoms with Crippen LogP contribution in [0.2, 0.25) is 0 Å². The molecule has 0 radical (unpaired) electrons. The van der Waals surface area contributed by atoms with Crippen LogP contribution in [0.1, 0.15) is 5.69 Å². The maximum Gasteiger partial charge on any atom is 0.178 e. The average molecular weight is 306 g/mol. The third-order valence-electron chi connectivity index (χ3n) is 1.64. The topological polar surface area (TPSA) is 43.6 Å². The van der Waals surface area contributed by atoms with Gasteiger partial charge in [0.1, 0.15) is 0 Å². The molecule has 13 heavy (non-hydrogen) atoms. The Bertz CT molecular complexity index is 433. The summed E-state index contributed by atoms with van der Waals surface area (Å²) in [5.41, 5.74) is 2.07. The van der Waals surface area contributed by atoms with Gasteiger partial charge in [0.2, 0.25) is 0 Å². The van der Waals surface area contributed by atoms with Crippen molar-refractivity contribution in [3.05, 3.63) is 14.9 Å². The molecule has 0 fully saturated rings. The predicted molar refractivity (Wildman–Crippen MR) is 59.6 cm³/mol. The molecule has 2 heterocycles. The minimum Gasteiger partial charge on any atom is -0.275 e. The maximum atomic E-state index is 4.25. The van der Waals surface area contributed by atoms with E-state index in [9.17, 15) is 0 Å². The van der Waals surface area contributed by atoms with Crippen molar-refractivity contribution in [2.75, 3.05) is 0 Å². The van der Waals surface area contributed by atoms with Crippen molar-refractivity contribution in [2.24, 2.45) is 7.05 Å². The van der Waals surface area contributed by atoms with Gasteiger partial charge in [-0.3, -0.25) is 4.68 Å². The number of rotatable bonds is 1. The molecular formula is C7H7IN4S. The minimum atomic E-state index is 0.940. The molecule has 0 unspecified atom stereocenters. The lowest BCUT2D eigenvalue weighted by Gasteiger charge is -1.86. The highest BCUT2D eigenvalue weighted by atomic mass is 127. The van der Waals surface area contributed by atoms with Gasteiger partial charge in [-0.25, -0.2) is 0 Å². The number of hydrogen-bond donors (Lipinski definition) is 0. The summed E-state index contributed by atoms with van der Waals surface area (Å²) in [4.78, 5) is 0. The Morgan fingerprint density at radius 3 is 2.69 bits per heavy atom. The highest BCUT2D eigenvalue weighted by molar-refractivity contribution is 14.1. The van der Waals surface area contributed by atoms with E-state index in [0.29, 0.717) is 0 Å². The van der Waals surface area contributed by atoms with Gasteiger partial charge < -0.3 is 0 Å². The fourth-order valence-corrected chi connectivity index (χ4v) is 2.49. The van der Waals surface area contributed by atoms with Crippen LogP contribution in [0.3, 0.4) is 0 Å². The van der Waals surface area contributed by atoms with E-state index in [1.165, 1.54) is 0 Å². The molecule has 2 aromatic heterocycles. The molecule has 6 heteroatoms. The minimum absolute atomic E-state index is 0.940. The summed E-state index contributed by atoms with van der Waals surface area (Å²) >= 11 is 3.74. The lowest BCUT2D eigenvalue weighted by Crippen LogP contribution is -1.86. The lowest BCUT2D eigenvalue weighted by molar-refractivity contribution is 0.756. The molecule has 4 nitrogen and oxygen atoms in total. The first-order valence-electron chi connectivity index (χ1n) is 3.66. The first-order chi connectivity index (χ1) is 6.16. The molecule has 0 aliphatic heterocycles. The zero-order chi connectivity index (χ0) is 9.42. The summed E-state index contributed by atoms with van der Waals surface area (Å²) in [5, 5.41) is 13.2. The van der Waals surface area contributed by atoms with Crippen LogP contribution in [0, 0.1) is 9.94 Å². The van der Waals surface area contributed by atoms with Crippen LogP contribution in [0.5, 0.6) is 0 Å². The fourth-order valence-electron chi connectivity index (χ4n) is 1.12. The van der Waals surface area contributed by atoms with Gasteiger partial charge in [0.05, 0.1) is 11.3 Å². The van der Waals surface area contributed by atoms with Crippen molar-refractivity contribution >= 4 is 33.9 Å². The summed E-state index contributed by atoms with van der Waals surface area (Å²) < 4.78 is 2.75. The molecule has 0 saturated carbocycles. The van der Waals surface area contributed by atoms with Crippen molar-refractivity contribution in [2.45, 2.75) is 6.92 Å². The molecule has 0 bridgehead atoms. The van der Waals surface area contributed by atoms with Gasteiger partial charge in [-0.15, -0.1) is 10.2 Å². The Morgan fingerprint density at radius 2 is 2.23 bits per heavy atom. The highest BCUT2D eigenvalue weighted by Gasteiger charge is 2.10. The number of halogens is 1. The Balaban J connectivity index is 2.51. The van der Waals surface area contributed by atoms with Crippen LogP contribution in [-0.4, -0.2) is 20.0 Å². The molecule has 0 amide bonds. The van der Waals surface area contributed by atoms with Gasteiger partial charge in [-0.1, -0.05) is 11.3 Å². The van der Waals surface area contributed by atoms with Gasteiger partial charge in [0, 0.05) is 13.2 Å². The molecule has 0 spiro atoms. The van der Waals surface area contributed by atoms with Crippen molar-refractivity contribution in [3.63, 3.8) is 0 Å². The Morgan fingerprint density at radius 1 is 1.46 bits per heavy atom. The summed E-state index contributed by atoms with van der Waals surface area (Å²) in [6.45, 7) is 1.98. The van der Waals surface area contributed by atoms with Gasteiger partial charge >= 0.3 is 0 Å². The molecule has 2 rings (SSSR count). The van der Waals surface area contributed by atoms with Crippen LogP contribution in [-0.2, 0) is 7.05 Å². The van der Waals surface area contributed by atoms with Gasteiger partial charge in [0.15, 0.2) is 8.02 Å². The third-order valence-corrected chi connectivity index (χ3v) is 3.27. The van der Waals surface area contributed by atoms with Crippen molar-refractivity contribution in [1.82, 2.24) is 20.0 Å². The summed E-state index contributed by atoms with van der Waals surface area (Å²) in [6, 6.07) is 0. The second-order valence-corrected chi connectivity index (χ2v) is 5.39. The number of nitrogens with zero attached hydrogens (tertiary/aromatic N) is 4. The van der Waals surface area contributed by atoms with Gasteiger partial charge in [-0.2, -0.15) is 5.10 Å². The van der Waals surface area contributed by atoms with Gasteiger partial charge in [0.25, 0.3) is 0 Å². The lowest BCUT2D eigenvalue weighted by atomic mass is 10.3. The summed E-state index contributed by atoms with van der Waals surface area (Å²) in [5.74, 6) is 0. The Kier molecular flexibility index (Phi) is 2.33. The van der Waals surface area contributed by atoms with E-state index in [2.05, 4.69) is 37.9 Å². The number of hydrogen-bond acceptors (Lipinski definition) is 4. The monoisotopic (exact) mass is 306 g/mol. The van der Waals surface area contributed by atoms with E-state index in [4.69, 9.17) is 0 Å². The molecule has 0 aliphatic rings. The SMILES string of the molecule is Cc1nn(C)cc1-c1nnc(I)s1. The van der Waals surface area contributed by atoms with E-state index < -0.39 is 0 Å². The zero-order valence-electron chi connectivity index (χ0n) is 7.15. The molecule has 0 atom stereocenters. The van der Waals surface area contributed by atoms with E-state index in [1.54, 1.807) is 16.0 Å². The fraction of sp³-hybridized carbons (Fsp3) is 0.286. The Hall–Kier alpha value is -0.500. The molecule has 0 saturated heterocycles. The molecule has 2 aromatic rings. The average Bonchev–Trinajstić information content (AvgIpc) is 2.58. The van der Waals surface area contributed by atoms with E-state index in [0.717, 1.165) is 19.3 Å². The highest BCUT2D eigenvalue weighted by Crippen LogP contribution is 2.25. The van der Waals surface area contributed by atoms with Crippen LogP contribution in [0.15, 0.2) is 6.20 Å². The van der Waals surface area contributed by atoms with E-state index in [-0.39, 0.29) is 0 Å². The largest absolute Gasteiger partial charge is 0.275 e. The van der Waals surface area contributed by atoms with Crippen LogP contribution >= 0.6 is 33.9 Å². The van der Waals surface area contributed by atoms with Crippen molar-refractivity contribution < 1.29 is 0 Å². The molecule has 0 aromatic carbocycles. The summed E-state index contributed by atoms with van der Waals surface area (Å²) in [7, 11) is 1.91. The van der Waals surface area contributed by atoms with Crippen molar-refractivity contribution in [1.29, 1.82) is 0 Å². The standard InChI is InChI=1S/C7H7IN4S/c1-4-5(3-12(2)11-4)6-9-10-7(8)13-6/h3H,1-2H3. The maximum absolute atomic E-state index is 4.25. The smallest absolute Gasteiger partial charge is 0.178 e.